The van der Waals surface area contributed by atoms with Crippen LogP contribution in [-0.4, -0.2) is 30.3 Å². The van der Waals surface area contributed by atoms with Crippen LogP contribution in [0.5, 0.6) is 0 Å². The SMILES string of the molecule is C[C@]12CCC(OS(=O)(=O)[O-])CC1=CCC1C2CC[C@]2(C)C(=O)CCC12.O.[Na+]. The number of carbonyl (C=O) groups is 1. The molecule has 0 aliphatic heterocycles. The van der Waals surface area contributed by atoms with Gasteiger partial charge in [-0.25, -0.2) is 8.42 Å². The quantitative estimate of drug-likeness (QED) is 0.265. The summed E-state index contributed by atoms with van der Waals surface area (Å²) >= 11 is 0. The summed E-state index contributed by atoms with van der Waals surface area (Å²) in [5.41, 5.74) is 1.20. The Bertz CT molecular complexity index is 734. The van der Waals surface area contributed by atoms with E-state index >= 15 is 0 Å². The van der Waals surface area contributed by atoms with Crippen LogP contribution in [0.1, 0.15) is 65.2 Å². The van der Waals surface area contributed by atoms with Gasteiger partial charge in [-0.15, -0.1) is 0 Å². The molecule has 0 aromatic heterocycles. The van der Waals surface area contributed by atoms with E-state index in [-0.39, 0.29) is 45.9 Å². The van der Waals surface area contributed by atoms with E-state index in [4.69, 9.17) is 4.18 Å². The topological polar surface area (TPSA) is 115 Å². The Morgan fingerprint density at radius 2 is 1.74 bits per heavy atom. The summed E-state index contributed by atoms with van der Waals surface area (Å²) in [5, 5.41) is 0. The van der Waals surface area contributed by atoms with E-state index in [1.165, 1.54) is 5.57 Å². The van der Waals surface area contributed by atoms with Crippen LogP contribution in [0, 0.1) is 28.6 Å². The van der Waals surface area contributed by atoms with Crippen LogP contribution in [0.15, 0.2) is 11.6 Å². The fraction of sp³-hybridized carbons (Fsp3) is 0.842. The molecule has 8 heteroatoms. The molecular formula is C19H29NaO6S. The number of rotatable bonds is 2. The Morgan fingerprint density at radius 1 is 1.11 bits per heavy atom. The summed E-state index contributed by atoms with van der Waals surface area (Å²) in [6.07, 6.45) is 8.55. The first-order valence-corrected chi connectivity index (χ1v) is 10.8. The van der Waals surface area contributed by atoms with Crippen molar-refractivity contribution in [1.82, 2.24) is 0 Å². The summed E-state index contributed by atoms with van der Waals surface area (Å²) in [6.45, 7) is 4.48. The summed E-state index contributed by atoms with van der Waals surface area (Å²) in [4.78, 5) is 12.4. The standard InChI is InChI=1S/C19H28O5S.Na.H2O/c1-18-9-7-13(24-25(21,22)23)11-12(18)3-4-14-15-5-6-17(20)19(15,2)10-8-16(14)18;;/h3,13-16H,4-11H2,1-2H3,(H,21,22,23);;1H2/q;+1;/p-1/t13?,14?,15?,16?,18-,19-;;/m0../s1. The number of ketones is 1. The summed E-state index contributed by atoms with van der Waals surface area (Å²) in [5.74, 6) is 2.05. The van der Waals surface area contributed by atoms with Gasteiger partial charge in [-0.05, 0) is 68.1 Å². The predicted molar refractivity (Wildman–Crippen MR) is 94.9 cm³/mol. The molecule has 0 radical (unpaired) electrons. The summed E-state index contributed by atoms with van der Waals surface area (Å²) < 4.78 is 37.5. The second kappa shape index (κ2) is 7.82. The summed E-state index contributed by atoms with van der Waals surface area (Å²) in [6, 6.07) is 0. The van der Waals surface area contributed by atoms with E-state index in [0.29, 0.717) is 36.4 Å². The zero-order valence-corrected chi connectivity index (χ0v) is 19.3. The molecule has 4 aliphatic carbocycles. The van der Waals surface area contributed by atoms with Gasteiger partial charge in [0.1, 0.15) is 5.78 Å². The number of fused-ring (bicyclic) bond motifs is 5. The molecule has 148 valence electrons. The van der Waals surface area contributed by atoms with Crippen LogP contribution >= 0.6 is 0 Å². The average molecular weight is 408 g/mol. The van der Waals surface area contributed by atoms with Crippen molar-refractivity contribution in [3.8, 4) is 0 Å². The van der Waals surface area contributed by atoms with Crippen molar-refractivity contribution >= 4 is 16.2 Å². The van der Waals surface area contributed by atoms with E-state index in [1.807, 2.05) is 0 Å². The van der Waals surface area contributed by atoms with E-state index < -0.39 is 16.5 Å². The zero-order valence-electron chi connectivity index (χ0n) is 16.5. The van der Waals surface area contributed by atoms with Gasteiger partial charge in [0.15, 0.2) is 0 Å². The van der Waals surface area contributed by atoms with Gasteiger partial charge in [-0.2, -0.15) is 0 Å². The Kier molecular flexibility index (Phi) is 6.81. The van der Waals surface area contributed by atoms with E-state index in [0.717, 1.165) is 38.5 Å². The minimum absolute atomic E-state index is 0. The molecule has 4 rings (SSSR count). The molecule has 3 fully saturated rings. The van der Waals surface area contributed by atoms with E-state index in [9.17, 15) is 17.8 Å². The second-order valence-corrected chi connectivity index (χ2v) is 10.1. The van der Waals surface area contributed by atoms with Gasteiger partial charge in [0.2, 0.25) is 10.4 Å². The molecule has 27 heavy (non-hydrogen) atoms. The van der Waals surface area contributed by atoms with Crippen molar-refractivity contribution in [2.75, 3.05) is 0 Å². The molecular weight excluding hydrogens is 379 g/mol. The first kappa shape index (κ1) is 23.5. The van der Waals surface area contributed by atoms with Crippen molar-refractivity contribution in [3.63, 3.8) is 0 Å². The minimum atomic E-state index is -4.65. The molecule has 4 unspecified atom stereocenters. The maximum Gasteiger partial charge on any atom is 1.00 e. The van der Waals surface area contributed by atoms with Gasteiger partial charge in [0.25, 0.3) is 0 Å². The maximum atomic E-state index is 12.4. The van der Waals surface area contributed by atoms with Gasteiger partial charge in [0.05, 0.1) is 6.10 Å². The van der Waals surface area contributed by atoms with Crippen molar-refractivity contribution < 1.29 is 57.0 Å². The van der Waals surface area contributed by atoms with Crippen LogP contribution in [0.4, 0.5) is 0 Å². The van der Waals surface area contributed by atoms with Gasteiger partial charge in [-0.1, -0.05) is 25.5 Å². The molecule has 0 heterocycles. The van der Waals surface area contributed by atoms with E-state index in [2.05, 4.69) is 19.9 Å². The van der Waals surface area contributed by atoms with Crippen LogP contribution in [0.3, 0.4) is 0 Å². The first-order valence-electron chi connectivity index (χ1n) is 9.50. The fourth-order valence-corrected chi connectivity index (χ4v) is 7.14. The number of hydrogen-bond acceptors (Lipinski definition) is 5. The Balaban J connectivity index is 0.00000131. The predicted octanol–water partition coefficient (Wildman–Crippen LogP) is -0.457. The Morgan fingerprint density at radius 3 is 2.41 bits per heavy atom. The fourth-order valence-electron chi connectivity index (χ4n) is 6.65. The smallest absolute Gasteiger partial charge is 0.726 e. The normalized spacial score (nSPS) is 43.4. The van der Waals surface area contributed by atoms with Gasteiger partial charge in [-0.3, -0.25) is 8.98 Å². The third-order valence-corrected chi connectivity index (χ3v) is 8.53. The Hall–Kier alpha value is 0.240. The van der Waals surface area contributed by atoms with Crippen molar-refractivity contribution in [1.29, 1.82) is 0 Å². The number of allylic oxidation sites excluding steroid dienone is 1. The molecule has 0 spiro atoms. The molecule has 0 saturated heterocycles. The van der Waals surface area contributed by atoms with E-state index in [1.54, 1.807) is 0 Å². The molecule has 0 aromatic carbocycles. The van der Waals surface area contributed by atoms with Gasteiger partial charge < -0.3 is 10.0 Å². The van der Waals surface area contributed by atoms with Crippen molar-refractivity contribution in [3.05, 3.63) is 11.6 Å². The molecule has 4 aliphatic rings. The molecule has 0 amide bonds. The third kappa shape index (κ3) is 3.86. The molecule has 6 atom stereocenters. The number of Topliss-reactive ketones (excluding diaryl/α,β-unsaturated/α-hetero) is 1. The molecule has 2 N–H and O–H groups in total. The molecule has 0 bridgehead atoms. The first-order chi connectivity index (χ1) is 11.6. The molecule has 6 nitrogen and oxygen atoms in total. The van der Waals surface area contributed by atoms with Crippen molar-refractivity contribution in [2.24, 2.45) is 28.6 Å². The minimum Gasteiger partial charge on any atom is -0.726 e. The van der Waals surface area contributed by atoms with Crippen LogP contribution in [0.2, 0.25) is 0 Å². The largest absolute Gasteiger partial charge is 1.00 e. The van der Waals surface area contributed by atoms with Crippen LogP contribution in [-0.2, 0) is 19.4 Å². The van der Waals surface area contributed by atoms with Crippen LogP contribution in [0.25, 0.3) is 0 Å². The van der Waals surface area contributed by atoms with Crippen molar-refractivity contribution in [2.45, 2.75) is 71.3 Å². The maximum absolute atomic E-state index is 12.4. The van der Waals surface area contributed by atoms with Gasteiger partial charge in [0, 0.05) is 11.8 Å². The average Bonchev–Trinajstić information content (AvgIpc) is 2.82. The zero-order chi connectivity index (χ0) is 18.0. The Labute approximate surface area is 184 Å². The second-order valence-electron chi connectivity index (χ2n) is 9.05. The molecule has 0 aromatic rings. The number of carbonyl (C=O) groups excluding carboxylic acids is 1. The monoisotopic (exact) mass is 408 g/mol. The van der Waals surface area contributed by atoms with Crippen LogP contribution < -0.4 is 29.6 Å². The van der Waals surface area contributed by atoms with Gasteiger partial charge >= 0.3 is 29.6 Å². The number of hydrogen-bond donors (Lipinski definition) is 0. The molecule has 3 saturated carbocycles. The third-order valence-electron chi connectivity index (χ3n) is 8.02. The summed E-state index contributed by atoms with van der Waals surface area (Å²) in [7, 11) is -4.65.